The molecule has 2 fully saturated rings. The first kappa shape index (κ1) is 24.6. The van der Waals surface area contributed by atoms with E-state index < -0.39 is 17.5 Å². The van der Waals surface area contributed by atoms with Gasteiger partial charge in [-0.1, -0.05) is 6.07 Å². The lowest BCUT2D eigenvalue weighted by Gasteiger charge is -2.37. The van der Waals surface area contributed by atoms with Gasteiger partial charge in [-0.05, 0) is 77.5 Å². The van der Waals surface area contributed by atoms with Gasteiger partial charge in [0.2, 0.25) is 0 Å². The highest BCUT2D eigenvalue weighted by molar-refractivity contribution is 5.68. The van der Waals surface area contributed by atoms with Gasteiger partial charge in [-0.2, -0.15) is 13.2 Å². The maximum Gasteiger partial charge on any atom is 0.433 e. The Bertz CT molecular complexity index is 750. The number of nitrogens with one attached hydrogen (secondary N) is 1. The highest BCUT2D eigenvalue weighted by Gasteiger charge is 2.33. The monoisotopic (exact) mass is 456 g/mol. The second-order valence-electron chi connectivity index (χ2n) is 9.86. The average Bonchev–Trinajstić information content (AvgIpc) is 2.72. The molecule has 0 atom stereocenters. The van der Waals surface area contributed by atoms with Gasteiger partial charge in [-0.25, -0.2) is 9.78 Å². The third kappa shape index (κ3) is 7.53. The Labute approximate surface area is 188 Å². The van der Waals surface area contributed by atoms with Crippen molar-refractivity contribution in [2.75, 3.05) is 37.6 Å². The summed E-state index contributed by atoms with van der Waals surface area (Å²) in [5, 5.41) is 2.98. The second-order valence-corrected chi connectivity index (χ2v) is 9.86. The number of rotatable bonds is 5. The Morgan fingerprint density at radius 2 is 1.75 bits per heavy atom. The maximum absolute atomic E-state index is 12.9. The van der Waals surface area contributed by atoms with Crippen molar-refractivity contribution in [3.8, 4) is 0 Å². The first-order valence-electron chi connectivity index (χ1n) is 11.5. The van der Waals surface area contributed by atoms with E-state index in [1.165, 1.54) is 6.07 Å². The molecule has 1 aliphatic heterocycles. The van der Waals surface area contributed by atoms with E-state index in [1.807, 2.05) is 25.7 Å². The van der Waals surface area contributed by atoms with Crippen LogP contribution >= 0.6 is 0 Å². The van der Waals surface area contributed by atoms with Crippen LogP contribution in [0, 0.1) is 5.92 Å². The number of amides is 1. The van der Waals surface area contributed by atoms with Crippen LogP contribution in [-0.2, 0) is 10.9 Å². The molecule has 32 heavy (non-hydrogen) atoms. The molecule has 2 aliphatic rings. The molecule has 1 aromatic heterocycles. The number of anilines is 1. The SMILES string of the molecule is CC(C)(C)OC(=O)N[C@H]1CC[C@H](CCN2CCN(c3cccc(C(F)(F)F)n3)CC2)CC1. The van der Waals surface area contributed by atoms with Crippen LogP contribution in [0.5, 0.6) is 0 Å². The zero-order valence-corrected chi connectivity index (χ0v) is 19.2. The summed E-state index contributed by atoms with van der Waals surface area (Å²) in [5.41, 5.74) is -1.32. The number of hydrogen-bond acceptors (Lipinski definition) is 5. The molecule has 1 aliphatic carbocycles. The van der Waals surface area contributed by atoms with Gasteiger partial charge in [0, 0.05) is 32.2 Å². The first-order chi connectivity index (χ1) is 15.0. The number of nitrogens with zero attached hydrogens (tertiary/aromatic N) is 3. The normalized spacial score (nSPS) is 23.1. The van der Waals surface area contributed by atoms with E-state index in [4.69, 9.17) is 4.74 Å². The summed E-state index contributed by atoms with van der Waals surface area (Å²) in [4.78, 5) is 20.0. The Morgan fingerprint density at radius 3 is 2.34 bits per heavy atom. The summed E-state index contributed by atoms with van der Waals surface area (Å²) in [6, 6.07) is 4.27. The number of carbonyl (C=O) groups is 1. The number of alkyl halides is 3. The fourth-order valence-corrected chi connectivity index (χ4v) is 4.39. The van der Waals surface area contributed by atoms with E-state index in [0.717, 1.165) is 57.8 Å². The molecule has 0 spiro atoms. The van der Waals surface area contributed by atoms with Crippen molar-refractivity contribution in [2.45, 2.75) is 70.7 Å². The first-order valence-corrected chi connectivity index (χ1v) is 11.5. The molecule has 2 heterocycles. The van der Waals surface area contributed by atoms with E-state index in [0.29, 0.717) is 24.8 Å². The molecule has 1 saturated heterocycles. The number of piperazine rings is 1. The van der Waals surface area contributed by atoms with Crippen molar-refractivity contribution in [1.82, 2.24) is 15.2 Å². The standard InChI is InChI=1S/C23H35F3N4O2/c1-22(2,3)32-21(31)27-18-9-7-17(8-10-18)11-12-29-13-15-30(16-14-29)20-6-4-5-19(28-20)23(24,25)26/h4-6,17-18H,7-16H2,1-3H3,(H,27,31)/t17-,18-. The number of carbonyl (C=O) groups excluding carboxylic acids is 1. The van der Waals surface area contributed by atoms with Crippen LogP contribution in [0.2, 0.25) is 0 Å². The van der Waals surface area contributed by atoms with Crippen LogP contribution in [0.15, 0.2) is 18.2 Å². The van der Waals surface area contributed by atoms with Crippen LogP contribution < -0.4 is 10.2 Å². The molecule has 1 saturated carbocycles. The van der Waals surface area contributed by atoms with Gasteiger partial charge in [0.15, 0.2) is 0 Å². The number of pyridine rings is 1. The fourth-order valence-electron chi connectivity index (χ4n) is 4.39. The largest absolute Gasteiger partial charge is 0.444 e. The van der Waals surface area contributed by atoms with Gasteiger partial charge in [0.25, 0.3) is 0 Å². The van der Waals surface area contributed by atoms with E-state index in [2.05, 4.69) is 15.2 Å². The molecule has 3 rings (SSSR count). The summed E-state index contributed by atoms with van der Waals surface area (Å²) >= 11 is 0. The minimum atomic E-state index is -4.42. The van der Waals surface area contributed by atoms with Crippen molar-refractivity contribution in [2.24, 2.45) is 5.92 Å². The number of ether oxygens (including phenoxy) is 1. The predicted molar refractivity (Wildman–Crippen MR) is 118 cm³/mol. The molecule has 9 heteroatoms. The Morgan fingerprint density at radius 1 is 1.09 bits per heavy atom. The van der Waals surface area contributed by atoms with Crippen molar-refractivity contribution in [3.63, 3.8) is 0 Å². The van der Waals surface area contributed by atoms with Gasteiger partial charge < -0.3 is 15.0 Å². The predicted octanol–water partition coefficient (Wildman–Crippen LogP) is 4.70. The van der Waals surface area contributed by atoms with Crippen LogP contribution in [0.3, 0.4) is 0 Å². The molecular formula is C23H35F3N4O2. The highest BCUT2D eigenvalue weighted by atomic mass is 19.4. The maximum atomic E-state index is 12.9. The van der Waals surface area contributed by atoms with Crippen molar-refractivity contribution < 1.29 is 22.7 Å². The van der Waals surface area contributed by atoms with Gasteiger partial charge in [-0.3, -0.25) is 4.90 Å². The van der Waals surface area contributed by atoms with E-state index >= 15 is 0 Å². The lowest BCUT2D eigenvalue weighted by molar-refractivity contribution is -0.141. The Hall–Kier alpha value is -2.03. The van der Waals surface area contributed by atoms with Crippen LogP contribution in [0.4, 0.5) is 23.8 Å². The molecule has 6 nitrogen and oxygen atoms in total. The fraction of sp³-hybridized carbons (Fsp3) is 0.739. The number of halogens is 3. The molecule has 0 radical (unpaired) electrons. The third-order valence-corrected chi connectivity index (χ3v) is 6.14. The van der Waals surface area contributed by atoms with Gasteiger partial charge >= 0.3 is 12.3 Å². The summed E-state index contributed by atoms with van der Waals surface area (Å²) in [7, 11) is 0. The molecule has 0 aromatic carbocycles. The second kappa shape index (κ2) is 10.3. The average molecular weight is 457 g/mol. The van der Waals surface area contributed by atoms with Gasteiger partial charge in [0.1, 0.15) is 17.1 Å². The third-order valence-electron chi connectivity index (χ3n) is 6.14. The highest BCUT2D eigenvalue weighted by Crippen LogP contribution is 2.30. The Balaban J connectivity index is 1.35. The topological polar surface area (TPSA) is 57.7 Å². The molecule has 0 bridgehead atoms. The number of alkyl carbamates (subject to hydrolysis) is 1. The summed E-state index contributed by atoms with van der Waals surface area (Å²) in [6.45, 7) is 9.60. The minimum absolute atomic E-state index is 0.185. The summed E-state index contributed by atoms with van der Waals surface area (Å²) in [6.07, 6.45) is 0.482. The van der Waals surface area contributed by atoms with Crippen molar-refractivity contribution >= 4 is 11.9 Å². The zero-order valence-electron chi connectivity index (χ0n) is 19.2. The van der Waals surface area contributed by atoms with Crippen LogP contribution in [-0.4, -0.2) is 60.3 Å². The van der Waals surface area contributed by atoms with E-state index in [1.54, 1.807) is 6.07 Å². The smallest absolute Gasteiger partial charge is 0.433 e. The van der Waals surface area contributed by atoms with E-state index in [-0.39, 0.29) is 12.1 Å². The molecular weight excluding hydrogens is 421 g/mol. The molecule has 1 aromatic rings. The van der Waals surface area contributed by atoms with Crippen molar-refractivity contribution in [1.29, 1.82) is 0 Å². The lowest BCUT2D eigenvalue weighted by Crippen LogP contribution is -2.47. The summed E-state index contributed by atoms with van der Waals surface area (Å²) in [5.74, 6) is 1.05. The van der Waals surface area contributed by atoms with Gasteiger partial charge in [-0.15, -0.1) is 0 Å². The van der Waals surface area contributed by atoms with Crippen molar-refractivity contribution in [3.05, 3.63) is 23.9 Å². The Kier molecular flexibility index (Phi) is 7.90. The molecule has 1 N–H and O–H groups in total. The van der Waals surface area contributed by atoms with Crippen LogP contribution in [0.25, 0.3) is 0 Å². The molecule has 0 unspecified atom stereocenters. The summed E-state index contributed by atoms with van der Waals surface area (Å²) < 4.78 is 44.1. The van der Waals surface area contributed by atoms with Gasteiger partial charge in [0.05, 0.1) is 0 Å². The number of hydrogen-bond donors (Lipinski definition) is 1. The number of aromatic nitrogens is 1. The molecule has 180 valence electrons. The molecule has 1 amide bonds. The minimum Gasteiger partial charge on any atom is -0.444 e. The van der Waals surface area contributed by atoms with E-state index in [9.17, 15) is 18.0 Å². The quantitative estimate of drug-likeness (QED) is 0.696. The zero-order chi connectivity index (χ0) is 23.4. The lowest BCUT2D eigenvalue weighted by atomic mass is 9.84. The van der Waals surface area contributed by atoms with Crippen LogP contribution in [0.1, 0.15) is 58.6 Å².